The Kier molecular flexibility index (Phi) is 3.59. The van der Waals surface area contributed by atoms with Gasteiger partial charge in [0.15, 0.2) is 0 Å². The number of hydrogen-bond acceptors (Lipinski definition) is 4. The number of halogens is 1. The predicted octanol–water partition coefficient (Wildman–Crippen LogP) is 1.99. The van der Waals surface area contributed by atoms with Crippen molar-refractivity contribution in [3.8, 4) is 0 Å². The topological polar surface area (TPSA) is 85.3 Å². The SMILES string of the molecule is Cc1ccc(NS(=O)(=O)c2ccc(CN)o2)cc1F. The lowest BCUT2D eigenvalue weighted by Crippen LogP contribution is -2.12. The highest BCUT2D eigenvalue weighted by Crippen LogP contribution is 2.20. The van der Waals surface area contributed by atoms with Crippen molar-refractivity contribution in [2.45, 2.75) is 18.6 Å². The number of aryl methyl sites for hydroxylation is 1. The van der Waals surface area contributed by atoms with Crippen LogP contribution in [-0.2, 0) is 16.6 Å². The summed E-state index contributed by atoms with van der Waals surface area (Å²) in [5.74, 6) is -0.127. The van der Waals surface area contributed by atoms with Crippen LogP contribution < -0.4 is 10.5 Å². The van der Waals surface area contributed by atoms with Gasteiger partial charge in [0.2, 0.25) is 5.09 Å². The number of furan rings is 1. The normalized spacial score (nSPS) is 11.5. The molecule has 0 amide bonds. The third-order valence-electron chi connectivity index (χ3n) is 2.53. The minimum Gasteiger partial charge on any atom is -0.446 e. The summed E-state index contributed by atoms with van der Waals surface area (Å²) in [5.41, 5.74) is 5.91. The predicted molar refractivity (Wildman–Crippen MR) is 68.5 cm³/mol. The molecule has 0 unspecified atom stereocenters. The van der Waals surface area contributed by atoms with Crippen molar-refractivity contribution in [2.75, 3.05) is 4.72 Å². The van der Waals surface area contributed by atoms with Gasteiger partial charge in [0.05, 0.1) is 12.2 Å². The number of anilines is 1. The first kappa shape index (κ1) is 13.6. The molecule has 2 aromatic rings. The van der Waals surface area contributed by atoms with Crippen LogP contribution in [0, 0.1) is 12.7 Å². The zero-order chi connectivity index (χ0) is 14.0. The summed E-state index contributed by atoms with van der Waals surface area (Å²) >= 11 is 0. The molecule has 102 valence electrons. The maximum absolute atomic E-state index is 13.3. The van der Waals surface area contributed by atoms with Crippen LogP contribution in [0.5, 0.6) is 0 Å². The molecular weight excluding hydrogens is 271 g/mol. The lowest BCUT2D eigenvalue weighted by Gasteiger charge is -2.06. The molecule has 1 aromatic carbocycles. The molecule has 0 radical (unpaired) electrons. The van der Waals surface area contributed by atoms with Crippen LogP contribution in [0.15, 0.2) is 39.8 Å². The smallest absolute Gasteiger partial charge is 0.295 e. The summed E-state index contributed by atoms with van der Waals surface area (Å²) in [4.78, 5) is 0. The van der Waals surface area contributed by atoms with Crippen LogP contribution in [-0.4, -0.2) is 8.42 Å². The van der Waals surface area contributed by atoms with E-state index in [1.165, 1.54) is 24.3 Å². The maximum Gasteiger partial charge on any atom is 0.295 e. The number of rotatable bonds is 4. The molecule has 0 bridgehead atoms. The molecule has 0 aliphatic heterocycles. The molecule has 0 saturated heterocycles. The summed E-state index contributed by atoms with van der Waals surface area (Å²) in [6, 6.07) is 6.85. The van der Waals surface area contributed by atoms with Crippen LogP contribution in [0.4, 0.5) is 10.1 Å². The van der Waals surface area contributed by atoms with E-state index in [1.54, 1.807) is 6.92 Å². The largest absolute Gasteiger partial charge is 0.446 e. The molecule has 0 aliphatic carbocycles. The lowest BCUT2D eigenvalue weighted by molar-refractivity contribution is 0.417. The summed E-state index contributed by atoms with van der Waals surface area (Å²) in [7, 11) is -3.87. The van der Waals surface area contributed by atoms with Gasteiger partial charge in [-0.3, -0.25) is 4.72 Å². The molecular formula is C12H13FN2O3S. The second-order valence-corrected chi connectivity index (χ2v) is 5.61. The molecule has 2 rings (SSSR count). The fourth-order valence-electron chi connectivity index (χ4n) is 1.47. The number of nitrogens with two attached hydrogens (primary N) is 1. The Hall–Kier alpha value is -1.86. The number of sulfonamides is 1. The zero-order valence-electron chi connectivity index (χ0n) is 10.2. The molecule has 3 N–H and O–H groups in total. The quantitative estimate of drug-likeness (QED) is 0.899. The number of benzene rings is 1. The van der Waals surface area contributed by atoms with Crippen LogP contribution in [0.25, 0.3) is 0 Å². The van der Waals surface area contributed by atoms with E-state index in [2.05, 4.69) is 4.72 Å². The average molecular weight is 284 g/mol. The standard InChI is InChI=1S/C12H13FN2O3S/c1-8-2-3-9(6-11(8)13)15-19(16,17)12-5-4-10(7-14)18-12/h2-6,15H,7,14H2,1H3. The van der Waals surface area contributed by atoms with Crippen molar-refractivity contribution < 1.29 is 17.2 Å². The molecule has 0 saturated carbocycles. The molecule has 1 aromatic heterocycles. The zero-order valence-corrected chi connectivity index (χ0v) is 11.0. The van der Waals surface area contributed by atoms with Gasteiger partial charge in [-0.2, -0.15) is 8.42 Å². The second-order valence-electron chi connectivity index (χ2n) is 3.99. The van der Waals surface area contributed by atoms with Gasteiger partial charge in [0.25, 0.3) is 10.0 Å². The van der Waals surface area contributed by atoms with Gasteiger partial charge >= 0.3 is 0 Å². The van der Waals surface area contributed by atoms with Crippen LogP contribution in [0.2, 0.25) is 0 Å². The Labute approximate surface area is 110 Å². The molecule has 0 fully saturated rings. The molecule has 1 heterocycles. The van der Waals surface area contributed by atoms with Crippen molar-refractivity contribution in [1.29, 1.82) is 0 Å². The highest BCUT2D eigenvalue weighted by Gasteiger charge is 2.19. The van der Waals surface area contributed by atoms with Crippen LogP contribution >= 0.6 is 0 Å². The molecule has 7 heteroatoms. The number of hydrogen-bond donors (Lipinski definition) is 2. The Morgan fingerprint density at radius 2 is 2.05 bits per heavy atom. The van der Waals surface area contributed by atoms with Crippen LogP contribution in [0.1, 0.15) is 11.3 Å². The van der Waals surface area contributed by atoms with Crippen molar-refractivity contribution in [2.24, 2.45) is 5.73 Å². The molecule has 0 aliphatic rings. The Balaban J connectivity index is 2.28. The summed E-state index contributed by atoms with van der Waals surface area (Å²) in [5, 5.41) is -0.256. The minimum absolute atomic E-state index is 0.106. The maximum atomic E-state index is 13.3. The Bertz CT molecular complexity index is 695. The first-order valence-electron chi connectivity index (χ1n) is 5.50. The summed E-state index contributed by atoms with van der Waals surface area (Å²) in [6.07, 6.45) is 0. The Morgan fingerprint density at radius 3 is 2.63 bits per heavy atom. The van der Waals surface area contributed by atoms with E-state index in [4.69, 9.17) is 10.2 Å². The molecule has 5 nitrogen and oxygen atoms in total. The van der Waals surface area contributed by atoms with E-state index >= 15 is 0 Å². The fourth-order valence-corrected chi connectivity index (χ4v) is 2.48. The average Bonchev–Trinajstić information content (AvgIpc) is 2.83. The number of nitrogens with one attached hydrogen (secondary N) is 1. The van der Waals surface area contributed by atoms with Crippen molar-refractivity contribution in [3.63, 3.8) is 0 Å². The van der Waals surface area contributed by atoms with E-state index in [0.717, 1.165) is 6.07 Å². The first-order chi connectivity index (χ1) is 8.92. The second kappa shape index (κ2) is 5.02. The van der Waals surface area contributed by atoms with E-state index in [1.807, 2.05) is 0 Å². The highest BCUT2D eigenvalue weighted by atomic mass is 32.2. The third kappa shape index (κ3) is 2.94. The van der Waals surface area contributed by atoms with Crippen molar-refractivity contribution in [3.05, 3.63) is 47.5 Å². The third-order valence-corrected chi connectivity index (χ3v) is 3.78. The molecule has 0 atom stereocenters. The van der Waals surface area contributed by atoms with Crippen molar-refractivity contribution in [1.82, 2.24) is 0 Å². The van der Waals surface area contributed by atoms with Crippen LogP contribution in [0.3, 0.4) is 0 Å². The minimum atomic E-state index is -3.87. The fraction of sp³-hybridized carbons (Fsp3) is 0.167. The van der Waals surface area contributed by atoms with Gasteiger partial charge in [0.1, 0.15) is 11.6 Å². The van der Waals surface area contributed by atoms with Crippen molar-refractivity contribution >= 4 is 15.7 Å². The van der Waals surface area contributed by atoms with E-state index in [0.29, 0.717) is 11.3 Å². The first-order valence-corrected chi connectivity index (χ1v) is 6.98. The van der Waals surface area contributed by atoms with Gasteiger partial charge in [0, 0.05) is 0 Å². The van der Waals surface area contributed by atoms with E-state index in [-0.39, 0.29) is 17.3 Å². The summed E-state index contributed by atoms with van der Waals surface area (Å²) < 4.78 is 44.6. The van der Waals surface area contributed by atoms with Gasteiger partial charge in [-0.25, -0.2) is 4.39 Å². The molecule has 0 spiro atoms. The summed E-state index contributed by atoms with van der Waals surface area (Å²) in [6.45, 7) is 1.70. The highest BCUT2D eigenvalue weighted by molar-refractivity contribution is 7.92. The van der Waals surface area contributed by atoms with E-state index in [9.17, 15) is 12.8 Å². The van der Waals surface area contributed by atoms with Gasteiger partial charge < -0.3 is 10.2 Å². The Morgan fingerprint density at radius 1 is 1.32 bits per heavy atom. The van der Waals surface area contributed by atoms with Gasteiger partial charge in [-0.1, -0.05) is 6.07 Å². The monoisotopic (exact) mass is 284 g/mol. The lowest BCUT2D eigenvalue weighted by atomic mass is 10.2. The van der Waals surface area contributed by atoms with Gasteiger partial charge in [-0.05, 0) is 36.8 Å². The van der Waals surface area contributed by atoms with Gasteiger partial charge in [-0.15, -0.1) is 0 Å². The van der Waals surface area contributed by atoms with E-state index < -0.39 is 15.8 Å². The molecule has 19 heavy (non-hydrogen) atoms.